The first-order chi connectivity index (χ1) is 5.76. The molecule has 1 saturated carbocycles. The molecule has 0 saturated heterocycles. The van der Waals surface area contributed by atoms with Crippen molar-refractivity contribution in [2.45, 2.75) is 59.3 Å². The normalized spacial score (nSPS) is 31.2. The average Bonchev–Trinajstić information content (AvgIpc) is 1.96. The number of hydrogen-bond donors (Lipinski definition) is 0. The summed E-state index contributed by atoms with van der Waals surface area (Å²) in [5, 5.41) is 0. The van der Waals surface area contributed by atoms with E-state index < -0.39 is 0 Å². The highest BCUT2D eigenvalue weighted by Crippen LogP contribution is 2.40. The van der Waals surface area contributed by atoms with E-state index in [9.17, 15) is 0 Å². The van der Waals surface area contributed by atoms with Crippen LogP contribution in [0.2, 0.25) is 0 Å². The molecule has 0 aromatic rings. The Morgan fingerprint density at radius 2 is 1.83 bits per heavy atom. The van der Waals surface area contributed by atoms with Crippen molar-refractivity contribution in [3.8, 4) is 0 Å². The maximum Gasteiger partial charge on any atom is -0.0406 e. The molecule has 0 aromatic heterocycles. The Morgan fingerprint density at radius 1 is 1.17 bits per heavy atom. The molecule has 1 atom stereocenters. The largest absolute Gasteiger partial charge is 0.0654 e. The Morgan fingerprint density at radius 3 is 2.33 bits per heavy atom. The topological polar surface area (TPSA) is 0 Å². The minimum absolute atomic E-state index is 0.984. The highest BCUT2D eigenvalue weighted by Gasteiger charge is 2.28. The van der Waals surface area contributed by atoms with Crippen LogP contribution in [-0.4, -0.2) is 0 Å². The average molecular weight is 168 g/mol. The van der Waals surface area contributed by atoms with Crippen LogP contribution >= 0.6 is 0 Å². The fourth-order valence-electron chi connectivity index (χ4n) is 2.58. The van der Waals surface area contributed by atoms with Crippen LogP contribution in [0.1, 0.15) is 59.3 Å². The highest BCUT2D eigenvalue weighted by molar-refractivity contribution is 4.79. The first-order valence-corrected chi connectivity index (χ1v) is 5.76. The molecule has 1 aliphatic carbocycles. The second-order valence-electron chi connectivity index (χ2n) is 4.74. The van der Waals surface area contributed by atoms with Crippen LogP contribution in [0.4, 0.5) is 0 Å². The van der Waals surface area contributed by atoms with Gasteiger partial charge in [-0.2, -0.15) is 0 Å². The van der Waals surface area contributed by atoms with Gasteiger partial charge in [0, 0.05) is 0 Å². The van der Waals surface area contributed by atoms with Crippen LogP contribution in [0.5, 0.6) is 0 Å². The quantitative estimate of drug-likeness (QED) is 0.575. The van der Waals surface area contributed by atoms with Crippen molar-refractivity contribution in [2.75, 3.05) is 0 Å². The van der Waals surface area contributed by atoms with Gasteiger partial charge in [0.2, 0.25) is 0 Å². The van der Waals surface area contributed by atoms with E-state index in [0.717, 1.165) is 17.8 Å². The van der Waals surface area contributed by atoms with Crippen LogP contribution in [-0.2, 0) is 0 Å². The Hall–Kier alpha value is 0. The zero-order chi connectivity index (χ0) is 8.97. The predicted molar refractivity (Wildman–Crippen MR) is 55.2 cm³/mol. The summed E-state index contributed by atoms with van der Waals surface area (Å²) in [6, 6.07) is 0. The van der Waals surface area contributed by atoms with Crippen LogP contribution < -0.4 is 0 Å². The summed E-state index contributed by atoms with van der Waals surface area (Å²) in [5.41, 5.74) is 0. The smallest absolute Gasteiger partial charge is 0.0406 e. The molecule has 1 fully saturated rings. The van der Waals surface area contributed by atoms with Crippen LogP contribution in [0, 0.1) is 17.8 Å². The third-order valence-electron chi connectivity index (χ3n) is 3.43. The molecule has 0 radical (unpaired) electrons. The summed E-state index contributed by atoms with van der Waals surface area (Å²) in [4.78, 5) is 0. The molecule has 0 heteroatoms. The van der Waals surface area contributed by atoms with E-state index in [2.05, 4.69) is 20.8 Å². The molecule has 0 aliphatic heterocycles. The molecule has 0 heterocycles. The van der Waals surface area contributed by atoms with Crippen LogP contribution in [0.25, 0.3) is 0 Å². The Balaban J connectivity index is 2.02. The van der Waals surface area contributed by atoms with Gasteiger partial charge in [-0.05, 0) is 37.0 Å². The van der Waals surface area contributed by atoms with E-state index in [0.29, 0.717) is 0 Å². The van der Waals surface area contributed by atoms with Gasteiger partial charge in [0.05, 0.1) is 0 Å². The van der Waals surface area contributed by atoms with Crippen molar-refractivity contribution in [1.82, 2.24) is 0 Å². The molecule has 0 spiro atoms. The lowest BCUT2D eigenvalue weighted by molar-refractivity contribution is 0.155. The lowest BCUT2D eigenvalue weighted by Gasteiger charge is -2.36. The van der Waals surface area contributed by atoms with Crippen LogP contribution in [0.3, 0.4) is 0 Å². The molecular formula is C12H24. The summed E-state index contributed by atoms with van der Waals surface area (Å²) < 4.78 is 0. The summed E-state index contributed by atoms with van der Waals surface area (Å²) in [6.07, 6.45) is 8.79. The first-order valence-electron chi connectivity index (χ1n) is 5.76. The summed E-state index contributed by atoms with van der Waals surface area (Å²) in [6.45, 7) is 7.05. The van der Waals surface area contributed by atoms with Gasteiger partial charge in [0.1, 0.15) is 0 Å². The van der Waals surface area contributed by atoms with Gasteiger partial charge in [-0.3, -0.25) is 0 Å². The third-order valence-corrected chi connectivity index (χ3v) is 3.43. The molecule has 1 rings (SSSR count). The van der Waals surface area contributed by atoms with Crippen molar-refractivity contribution in [1.29, 1.82) is 0 Å². The van der Waals surface area contributed by atoms with E-state index in [1.807, 2.05) is 0 Å². The van der Waals surface area contributed by atoms with Crippen molar-refractivity contribution in [2.24, 2.45) is 17.8 Å². The molecule has 0 amide bonds. The molecule has 1 unspecified atom stereocenters. The van der Waals surface area contributed by atoms with Gasteiger partial charge in [0.25, 0.3) is 0 Å². The number of rotatable bonds is 5. The first kappa shape index (κ1) is 10.1. The van der Waals surface area contributed by atoms with Crippen molar-refractivity contribution in [3.63, 3.8) is 0 Å². The zero-order valence-electron chi connectivity index (χ0n) is 8.97. The minimum Gasteiger partial charge on any atom is -0.0654 e. The lowest BCUT2D eigenvalue weighted by Crippen LogP contribution is -2.24. The molecule has 0 bridgehead atoms. The van der Waals surface area contributed by atoms with Gasteiger partial charge < -0.3 is 0 Å². The summed E-state index contributed by atoms with van der Waals surface area (Å²) in [5.74, 6) is 3.16. The molecule has 0 nitrogen and oxygen atoms in total. The van der Waals surface area contributed by atoms with E-state index in [1.165, 1.54) is 38.5 Å². The standard InChI is InChI=1S/C12H24/c1-4-6-10(3)7-12-8-11(5-2)9-12/h10-12H,4-9H2,1-3H3. The highest BCUT2D eigenvalue weighted by atomic mass is 14.3. The molecular weight excluding hydrogens is 144 g/mol. The second kappa shape index (κ2) is 4.89. The van der Waals surface area contributed by atoms with Gasteiger partial charge in [-0.15, -0.1) is 0 Å². The van der Waals surface area contributed by atoms with E-state index >= 15 is 0 Å². The summed E-state index contributed by atoms with van der Waals surface area (Å²) >= 11 is 0. The Kier molecular flexibility index (Phi) is 4.11. The van der Waals surface area contributed by atoms with Gasteiger partial charge in [-0.25, -0.2) is 0 Å². The van der Waals surface area contributed by atoms with Crippen molar-refractivity contribution in [3.05, 3.63) is 0 Å². The predicted octanol–water partition coefficient (Wildman–Crippen LogP) is 4.25. The summed E-state index contributed by atoms with van der Waals surface area (Å²) in [7, 11) is 0. The minimum atomic E-state index is 0.984. The molecule has 0 N–H and O–H groups in total. The Labute approximate surface area is 77.7 Å². The van der Waals surface area contributed by atoms with Crippen molar-refractivity contribution >= 4 is 0 Å². The number of hydrogen-bond acceptors (Lipinski definition) is 0. The molecule has 12 heavy (non-hydrogen) atoms. The molecule has 1 aliphatic rings. The van der Waals surface area contributed by atoms with Gasteiger partial charge in [0.15, 0.2) is 0 Å². The van der Waals surface area contributed by atoms with E-state index in [-0.39, 0.29) is 0 Å². The van der Waals surface area contributed by atoms with Crippen LogP contribution in [0.15, 0.2) is 0 Å². The van der Waals surface area contributed by atoms with E-state index in [4.69, 9.17) is 0 Å². The SMILES string of the molecule is CCCC(C)CC1CC(CC)C1. The van der Waals surface area contributed by atoms with Crippen molar-refractivity contribution < 1.29 is 0 Å². The zero-order valence-corrected chi connectivity index (χ0v) is 8.97. The fraction of sp³-hybridized carbons (Fsp3) is 1.00. The maximum atomic E-state index is 2.42. The lowest BCUT2D eigenvalue weighted by atomic mass is 9.70. The molecule has 72 valence electrons. The van der Waals surface area contributed by atoms with Gasteiger partial charge >= 0.3 is 0 Å². The Bertz CT molecular complexity index is 111. The monoisotopic (exact) mass is 168 g/mol. The van der Waals surface area contributed by atoms with E-state index in [1.54, 1.807) is 0 Å². The van der Waals surface area contributed by atoms with Gasteiger partial charge in [-0.1, -0.05) is 40.0 Å². The maximum absolute atomic E-state index is 2.42. The second-order valence-corrected chi connectivity index (χ2v) is 4.74. The fourth-order valence-corrected chi connectivity index (χ4v) is 2.58. The molecule has 0 aromatic carbocycles. The third kappa shape index (κ3) is 2.80.